The van der Waals surface area contributed by atoms with Gasteiger partial charge in [-0.15, -0.1) is 0 Å². The fourth-order valence-electron chi connectivity index (χ4n) is 2.86. The molecule has 0 spiro atoms. The van der Waals surface area contributed by atoms with Crippen LogP contribution in [0.4, 0.5) is 0 Å². The second-order valence-electron chi connectivity index (χ2n) is 5.56. The SMILES string of the molecule is CCCCCCCCN[C@H](C)C1CCCC1. The highest BCUT2D eigenvalue weighted by molar-refractivity contribution is 4.76. The quantitative estimate of drug-likeness (QED) is 0.569. The van der Waals surface area contributed by atoms with Crippen molar-refractivity contribution in [3.8, 4) is 0 Å². The number of nitrogens with one attached hydrogen (secondary N) is 1. The molecule has 16 heavy (non-hydrogen) atoms. The summed E-state index contributed by atoms with van der Waals surface area (Å²) in [6, 6.07) is 0.762. The van der Waals surface area contributed by atoms with Gasteiger partial charge in [0.1, 0.15) is 0 Å². The summed E-state index contributed by atoms with van der Waals surface area (Å²) >= 11 is 0. The fourth-order valence-corrected chi connectivity index (χ4v) is 2.86. The lowest BCUT2D eigenvalue weighted by atomic mass is 10.00. The molecular weight excluding hydrogens is 194 g/mol. The molecule has 0 bridgehead atoms. The van der Waals surface area contributed by atoms with Crippen LogP contribution < -0.4 is 5.32 Å². The summed E-state index contributed by atoms with van der Waals surface area (Å²) in [5.74, 6) is 0.972. The molecule has 0 aromatic carbocycles. The molecule has 1 atom stereocenters. The highest BCUT2D eigenvalue weighted by atomic mass is 14.9. The second kappa shape index (κ2) is 9.04. The van der Waals surface area contributed by atoms with Crippen LogP contribution in [-0.2, 0) is 0 Å². The number of hydrogen-bond acceptors (Lipinski definition) is 1. The molecular formula is C15H31N. The molecule has 0 aromatic rings. The number of rotatable bonds is 9. The zero-order valence-corrected chi connectivity index (χ0v) is 11.4. The van der Waals surface area contributed by atoms with Gasteiger partial charge in [0.15, 0.2) is 0 Å². The second-order valence-corrected chi connectivity index (χ2v) is 5.56. The monoisotopic (exact) mass is 225 g/mol. The van der Waals surface area contributed by atoms with Crippen LogP contribution in [0.3, 0.4) is 0 Å². The van der Waals surface area contributed by atoms with Crippen molar-refractivity contribution in [1.82, 2.24) is 5.32 Å². The van der Waals surface area contributed by atoms with Crippen molar-refractivity contribution in [1.29, 1.82) is 0 Å². The molecule has 1 nitrogen and oxygen atoms in total. The minimum absolute atomic E-state index is 0.762. The van der Waals surface area contributed by atoms with Crippen molar-refractivity contribution in [2.75, 3.05) is 6.54 Å². The van der Waals surface area contributed by atoms with Crippen LogP contribution in [0, 0.1) is 5.92 Å². The van der Waals surface area contributed by atoms with Gasteiger partial charge < -0.3 is 5.32 Å². The smallest absolute Gasteiger partial charge is 0.00669 e. The third kappa shape index (κ3) is 5.89. The van der Waals surface area contributed by atoms with Crippen molar-refractivity contribution in [3.63, 3.8) is 0 Å². The zero-order valence-electron chi connectivity index (χ0n) is 11.4. The van der Waals surface area contributed by atoms with E-state index >= 15 is 0 Å². The van der Waals surface area contributed by atoms with Gasteiger partial charge in [-0.25, -0.2) is 0 Å². The Balaban J connectivity index is 1.86. The molecule has 0 aliphatic heterocycles. The average Bonchev–Trinajstić information content (AvgIpc) is 2.81. The summed E-state index contributed by atoms with van der Waals surface area (Å²) in [5.41, 5.74) is 0. The van der Waals surface area contributed by atoms with Gasteiger partial charge in [-0.2, -0.15) is 0 Å². The van der Waals surface area contributed by atoms with E-state index in [0.717, 1.165) is 12.0 Å². The summed E-state index contributed by atoms with van der Waals surface area (Å²) in [4.78, 5) is 0. The number of hydrogen-bond donors (Lipinski definition) is 1. The van der Waals surface area contributed by atoms with Gasteiger partial charge in [0.25, 0.3) is 0 Å². The first-order valence-corrected chi connectivity index (χ1v) is 7.58. The molecule has 0 aromatic heterocycles. The van der Waals surface area contributed by atoms with Crippen LogP contribution in [0.25, 0.3) is 0 Å². The van der Waals surface area contributed by atoms with Crippen LogP contribution in [0.5, 0.6) is 0 Å². The molecule has 1 fully saturated rings. The van der Waals surface area contributed by atoms with E-state index in [1.54, 1.807) is 0 Å². The average molecular weight is 225 g/mol. The normalized spacial score (nSPS) is 19.1. The number of unbranched alkanes of at least 4 members (excludes halogenated alkanes) is 5. The van der Waals surface area contributed by atoms with Crippen LogP contribution in [0.1, 0.15) is 78.1 Å². The lowest BCUT2D eigenvalue weighted by molar-refractivity contribution is 0.377. The maximum atomic E-state index is 3.72. The van der Waals surface area contributed by atoms with E-state index in [1.165, 1.54) is 70.8 Å². The Bertz CT molecular complexity index is 150. The van der Waals surface area contributed by atoms with Crippen LogP contribution in [-0.4, -0.2) is 12.6 Å². The molecule has 96 valence electrons. The van der Waals surface area contributed by atoms with Gasteiger partial charge in [0.2, 0.25) is 0 Å². The van der Waals surface area contributed by atoms with Gasteiger partial charge in [-0.1, -0.05) is 51.9 Å². The Labute approximate surface area is 102 Å². The molecule has 1 N–H and O–H groups in total. The van der Waals surface area contributed by atoms with Crippen molar-refractivity contribution in [3.05, 3.63) is 0 Å². The molecule has 1 aliphatic rings. The Hall–Kier alpha value is -0.0400. The van der Waals surface area contributed by atoms with Crippen LogP contribution >= 0.6 is 0 Å². The summed E-state index contributed by atoms with van der Waals surface area (Å²) in [5, 5.41) is 3.72. The predicted molar refractivity (Wildman–Crippen MR) is 72.8 cm³/mol. The molecule has 0 saturated heterocycles. The minimum atomic E-state index is 0.762. The van der Waals surface area contributed by atoms with Gasteiger partial charge in [0.05, 0.1) is 0 Å². The standard InChI is InChI=1S/C15H31N/c1-3-4-5-6-7-10-13-16-14(2)15-11-8-9-12-15/h14-16H,3-13H2,1-2H3/t14-/m1/s1. The lowest BCUT2D eigenvalue weighted by Gasteiger charge is -2.20. The molecule has 1 aliphatic carbocycles. The maximum Gasteiger partial charge on any atom is 0.00669 e. The Morgan fingerprint density at radius 1 is 1.00 bits per heavy atom. The Kier molecular flexibility index (Phi) is 7.92. The Morgan fingerprint density at radius 2 is 1.62 bits per heavy atom. The van der Waals surface area contributed by atoms with E-state index in [4.69, 9.17) is 0 Å². The van der Waals surface area contributed by atoms with E-state index < -0.39 is 0 Å². The molecule has 0 unspecified atom stereocenters. The molecule has 1 heteroatoms. The summed E-state index contributed by atoms with van der Waals surface area (Å²) in [6.45, 7) is 5.90. The maximum absolute atomic E-state index is 3.72. The molecule has 1 saturated carbocycles. The van der Waals surface area contributed by atoms with Crippen molar-refractivity contribution < 1.29 is 0 Å². The summed E-state index contributed by atoms with van der Waals surface area (Å²) < 4.78 is 0. The van der Waals surface area contributed by atoms with Gasteiger partial charge in [-0.3, -0.25) is 0 Å². The highest BCUT2D eigenvalue weighted by Gasteiger charge is 2.20. The van der Waals surface area contributed by atoms with E-state index in [2.05, 4.69) is 19.2 Å². The summed E-state index contributed by atoms with van der Waals surface area (Å²) in [7, 11) is 0. The molecule has 1 rings (SSSR count). The topological polar surface area (TPSA) is 12.0 Å². The summed E-state index contributed by atoms with van der Waals surface area (Å²) in [6.07, 6.45) is 14.3. The van der Waals surface area contributed by atoms with Crippen molar-refractivity contribution >= 4 is 0 Å². The van der Waals surface area contributed by atoms with Crippen molar-refractivity contribution in [2.45, 2.75) is 84.1 Å². The lowest BCUT2D eigenvalue weighted by Crippen LogP contribution is -2.32. The van der Waals surface area contributed by atoms with Crippen LogP contribution in [0.15, 0.2) is 0 Å². The van der Waals surface area contributed by atoms with Gasteiger partial charge >= 0.3 is 0 Å². The van der Waals surface area contributed by atoms with Gasteiger partial charge in [-0.05, 0) is 38.6 Å². The first-order chi connectivity index (χ1) is 7.84. The highest BCUT2D eigenvalue weighted by Crippen LogP contribution is 2.27. The third-order valence-corrected chi connectivity index (χ3v) is 4.10. The largest absolute Gasteiger partial charge is 0.314 e. The molecule has 0 amide bonds. The minimum Gasteiger partial charge on any atom is -0.314 e. The van der Waals surface area contributed by atoms with E-state index in [0.29, 0.717) is 0 Å². The van der Waals surface area contributed by atoms with Gasteiger partial charge in [0, 0.05) is 6.04 Å². The van der Waals surface area contributed by atoms with E-state index in [-0.39, 0.29) is 0 Å². The Morgan fingerprint density at radius 3 is 2.31 bits per heavy atom. The van der Waals surface area contributed by atoms with Crippen LogP contribution in [0.2, 0.25) is 0 Å². The first kappa shape index (κ1) is 14.0. The fraction of sp³-hybridized carbons (Fsp3) is 1.00. The van der Waals surface area contributed by atoms with E-state index in [9.17, 15) is 0 Å². The van der Waals surface area contributed by atoms with Crippen molar-refractivity contribution in [2.24, 2.45) is 5.92 Å². The van der Waals surface area contributed by atoms with E-state index in [1.807, 2.05) is 0 Å². The zero-order chi connectivity index (χ0) is 11.6. The molecule has 0 radical (unpaired) electrons. The third-order valence-electron chi connectivity index (χ3n) is 4.10. The first-order valence-electron chi connectivity index (χ1n) is 7.58. The predicted octanol–water partition coefficient (Wildman–Crippen LogP) is 4.52. The molecule has 0 heterocycles.